The van der Waals surface area contributed by atoms with Crippen LogP contribution < -0.4 is 16.4 Å². The molecular weight excluding hydrogens is 380 g/mol. The number of carbonyl (C=O) groups is 2. The molecule has 3 amide bonds. The summed E-state index contributed by atoms with van der Waals surface area (Å²) in [7, 11) is 0. The third kappa shape index (κ3) is 4.20. The standard InChI is InChI=1S/C23H18N4O3/c24-23(29)27-17-10-6-9-16(13-17)26-21(28)18-11-4-5-12-19(18)22-25-14-20(30-22)15-7-2-1-3-8-15/h1-14H,(H,26,28)(H3,24,27,29). The van der Waals surface area contributed by atoms with Gasteiger partial charge >= 0.3 is 6.03 Å². The summed E-state index contributed by atoms with van der Waals surface area (Å²) in [5.41, 5.74) is 8.02. The monoisotopic (exact) mass is 398 g/mol. The molecule has 4 aromatic rings. The molecule has 4 N–H and O–H groups in total. The van der Waals surface area contributed by atoms with Gasteiger partial charge in [-0.3, -0.25) is 4.79 Å². The smallest absolute Gasteiger partial charge is 0.316 e. The maximum atomic E-state index is 12.9. The van der Waals surface area contributed by atoms with Crippen molar-refractivity contribution < 1.29 is 14.0 Å². The minimum atomic E-state index is -0.679. The normalized spacial score (nSPS) is 10.4. The number of oxazole rings is 1. The fourth-order valence-electron chi connectivity index (χ4n) is 3.02. The number of amides is 3. The van der Waals surface area contributed by atoms with E-state index in [0.29, 0.717) is 34.2 Å². The van der Waals surface area contributed by atoms with Crippen LogP contribution in [0.1, 0.15) is 10.4 Å². The zero-order valence-corrected chi connectivity index (χ0v) is 15.8. The Morgan fingerprint density at radius 2 is 1.53 bits per heavy atom. The summed E-state index contributed by atoms with van der Waals surface area (Å²) < 4.78 is 5.91. The highest BCUT2D eigenvalue weighted by Gasteiger charge is 2.17. The van der Waals surface area contributed by atoms with E-state index in [1.165, 1.54) is 0 Å². The lowest BCUT2D eigenvalue weighted by molar-refractivity contribution is 0.102. The molecule has 1 heterocycles. The molecule has 148 valence electrons. The summed E-state index contributed by atoms with van der Waals surface area (Å²) in [5, 5.41) is 5.30. The summed E-state index contributed by atoms with van der Waals surface area (Å²) in [6, 6.07) is 22.7. The number of urea groups is 1. The van der Waals surface area contributed by atoms with Crippen LogP contribution in [0.15, 0.2) is 89.5 Å². The van der Waals surface area contributed by atoms with Crippen LogP contribution >= 0.6 is 0 Å². The number of aromatic nitrogens is 1. The summed E-state index contributed by atoms with van der Waals surface area (Å²) in [5.74, 6) is 0.635. The molecule has 0 radical (unpaired) electrons. The van der Waals surface area contributed by atoms with E-state index >= 15 is 0 Å². The molecule has 0 fully saturated rings. The van der Waals surface area contributed by atoms with Crippen molar-refractivity contribution in [2.45, 2.75) is 0 Å². The molecule has 1 aromatic heterocycles. The van der Waals surface area contributed by atoms with Crippen LogP contribution in [0.25, 0.3) is 22.8 Å². The second-order valence-corrected chi connectivity index (χ2v) is 6.47. The van der Waals surface area contributed by atoms with Gasteiger partial charge in [0.2, 0.25) is 5.89 Å². The molecule has 0 unspecified atom stereocenters. The number of hydrogen-bond donors (Lipinski definition) is 3. The van der Waals surface area contributed by atoms with Gasteiger partial charge in [0.1, 0.15) is 0 Å². The zero-order chi connectivity index (χ0) is 20.9. The lowest BCUT2D eigenvalue weighted by Gasteiger charge is -2.10. The fourth-order valence-corrected chi connectivity index (χ4v) is 3.02. The highest BCUT2D eigenvalue weighted by Crippen LogP contribution is 2.28. The van der Waals surface area contributed by atoms with Crippen molar-refractivity contribution in [3.8, 4) is 22.8 Å². The van der Waals surface area contributed by atoms with Gasteiger partial charge in [-0.1, -0.05) is 48.5 Å². The summed E-state index contributed by atoms with van der Waals surface area (Å²) >= 11 is 0. The lowest BCUT2D eigenvalue weighted by atomic mass is 10.1. The van der Waals surface area contributed by atoms with Crippen LogP contribution in [0.2, 0.25) is 0 Å². The molecule has 3 aromatic carbocycles. The predicted molar refractivity (Wildman–Crippen MR) is 115 cm³/mol. The van der Waals surface area contributed by atoms with Gasteiger partial charge in [0.15, 0.2) is 5.76 Å². The molecule has 0 aliphatic rings. The minimum Gasteiger partial charge on any atom is -0.436 e. The number of carbonyl (C=O) groups excluding carboxylic acids is 2. The quantitative estimate of drug-likeness (QED) is 0.450. The Bertz CT molecular complexity index is 1200. The van der Waals surface area contributed by atoms with Crippen LogP contribution in [0.4, 0.5) is 16.2 Å². The minimum absolute atomic E-state index is 0.332. The lowest BCUT2D eigenvalue weighted by Crippen LogP contribution is -2.19. The van der Waals surface area contributed by atoms with E-state index in [4.69, 9.17) is 10.2 Å². The Hall–Kier alpha value is -4.39. The number of benzene rings is 3. The average Bonchev–Trinajstić information content (AvgIpc) is 3.24. The Morgan fingerprint density at radius 1 is 0.833 bits per heavy atom. The van der Waals surface area contributed by atoms with E-state index < -0.39 is 6.03 Å². The van der Waals surface area contributed by atoms with Crippen molar-refractivity contribution >= 4 is 23.3 Å². The molecule has 7 heteroatoms. The molecule has 0 saturated carbocycles. The van der Waals surface area contributed by atoms with Gasteiger partial charge in [0, 0.05) is 22.5 Å². The number of primary amides is 1. The van der Waals surface area contributed by atoms with Crippen molar-refractivity contribution in [1.82, 2.24) is 4.98 Å². The van der Waals surface area contributed by atoms with E-state index in [2.05, 4.69) is 15.6 Å². The number of hydrogen-bond acceptors (Lipinski definition) is 4. The predicted octanol–water partition coefficient (Wildman–Crippen LogP) is 4.75. The van der Waals surface area contributed by atoms with Crippen molar-refractivity contribution in [3.63, 3.8) is 0 Å². The van der Waals surface area contributed by atoms with Crippen LogP contribution in [0.3, 0.4) is 0 Å². The van der Waals surface area contributed by atoms with Crippen LogP contribution in [0.5, 0.6) is 0 Å². The first kappa shape index (κ1) is 18.9. The van der Waals surface area contributed by atoms with E-state index in [1.54, 1.807) is 48.7 Å². The molecule has 0 atom stereocenters. The largest absolute Gasteiger partial charge is 0.436 e. The first-order valence-electron chi connectivity index (χ1n) is 9.19. The first-order valence-corrected chi connectivity index (χ1v) is 9.19. The van der Waals surface area contributed by atoms with Gasteiger partial charge in [0.25, 0.3) is 5.91 Å². The van der Waals surface area contributed by atoms with Gasteiger partial charge in [-0.15, -0.1) is 0 Å². The number of rotatable bonds is 5. The number of nitrogens with two attached hydrogens (primary N) is 1. The Balaban J connectivity index is 1.60. The molecule has 7 nitrogen and oxygen atoms in total. The Kier molecular flexibility index (Phi) is 5.25. The molecule has 0 bridgehead atoms. The summed E-state index contributed by atoms with van der Waals surface area (Å²) in [6.07, 6.45) is 1.64. The van der Waals surface area contributed by atoms with Gasteiger partial charge < -0.3 is 20.8 Å². The molecule has 0 saturated heterocycles. The number of nitrogens with zero attached hydrogens (tertiary/aromatic N) is 1. The topological polar surface area (TPSA) is 110 Å². The third-order valence-electron chi connectivity index (χ3n) is 4.35. The highest BCUT2D eigenvalue weighted by molar-refractivity contribution is 6.08. The highest BCUT2D eigenvalue weighted by atomic mass is 16.4. The average molecular weight is 398 g/mol. The summed E-state index contributed by atoms with van der Waals surface area (Å²) in [4.78, 5) is 28.3. The van der Waals surface area contributed by atoms with Gasteiger partial charge in [0.05, 0.1) is 11.8 Å². The van der Waals surface area contributed by atoms with E-state index in [0.717, 1.165) is 5.56 Å². The molecule has 4 rings (SSSR count). The third-order valence-corrected chi connectivity index (χ3v) is 4.35. The number of nitrogens with one attached hydrogen (secondary N) is 2. The van der Waals surface area contributed by atoms with Crippen molar-refractivity contribution in [1.29, 1.82) is 0 Å². The van der Waals surface area contributed by atoms with Crippen molar-refractivity contribution in [3.05, 3.63) is 90.6 Å². The maximum absolute atomic E-state index is 12.9. The van der Waals surface area contributed by atoms with E-state index in [1.807, 2.05) is 36.4 Å². The first-order chi connectivity index (χ1) is 14.6. The van der Waals surface area contributed by atoms with E-state index in [-0.39, 0.29) is 5.91 Å². The van der Waals surface area contributed by atoms with Crippen molar-refractivity contribution in [2.75, 3.05) is 10.6 Å². The van der Waals surface area contributed by atoms with Gasteiger partial charge in [-0.05, 0) is 30.3 Å². The second kappa shape index (κ2) is 8.32. The Morgan fingerprint density at radius 3 is 2.30 bits per heavy atom. The molecule has 30 heavy (non-hydrogen) atoms. The number of anilines is 2. The Labute approximate surface area is 172 Å². The van der Waals surface area contributed by atoms with Crippen LogP contribution in [0, 0.1) is 0 Å². The van der Waals surface area contributed by atoms with Crippen LogP contribution in [-0.2, 0) is 0 Å². The van der Waals surface area contributed by atoms with Gasteiger partial charge in [-0.25, -0.2) is 9.78 Å². The molecule has 0 spiro atoms. The zero-order valence-electron chi connectivity index (χ0n) is 15.8. The molecule has 0 aliphatic carbocycles. The van der Waals surface area contributed by atoms with Crippen LogP contribution in [-0.4, -0.2) is 16.9 Å². The van der Waals surface area contributed by atoms with Gasteiger partial charge in [-0.2, -0.15) is 0 Å². The maximum Gasteiger partial charge on any atom is 0.316 e. The van der Waals surface area contributed by atoms with Crippen molar-refractivity contribution in [2.24, 2.45) is 5.73 Å². The SMILES string of the molecule is NC(=O)Nc1cccc(NC(=O)c2ccccc2-c2ncc(-c3ccccc3)o2)c1. The summed E-state index contributed by atoms with van der Waals surface area (Å²) in [6.45, 7) is 0. The second-order valence-electron chi connectivity index (χ2n) is 6.47. The molecule has 0 aliphatic heterocycles. The molecular formula is C23H18N4O3. The van der Waals surface area contributed by atoms with E-state index in [9.17, 15) is 9.59 Å². The fraction of sp³-hybridized carbons (Fsp3) is 0.